The third-order valence-corrected chi connectivity index (χ3v) is 3.92. The van der Waals surface area contributed by atoms with Crippen LogP contribution < -0.4 is 16.7 Å². The molecule has 130 valence electrons. The molecule has 0 bridgehead atoms. The van der Waals surface area contributed by atoms with E-state index in [1.54, 1.807) is 17.8 Å². The van der Waals surface area contributed by atoms with Crippen molar-refractivity contribution in [1.82, 2.24) is 19.1 Å². The lowest BCUT2D eigenvalue weighted by Gasteiger charge is -2.11. The quantitative estimate of drug-likeness (QED) is 0.558. The Kier molecular flexibility index (Phi) is 4.26. The smallest absolute Gasteiger partial charge is 0.300 e. The summed E-state index contributed by atoms with van der Waals surface area (Å²) in [4.78, 5) is 30.7. The molecule has 1 aromatic carbocycles. The van der Waals surface area contributed by atoms with Gasteiger partial charge >= 0.3 is 5.69 Å². The maximum Gasteiger partial charge on any atom is 0.329 e. The van der Waals surface area contributed by atoms with Crippen LogP contribution in [0.5, 0.6) is 0 Å². The first kappa shape index (κ1) is 16.7. The molecule has 0 amide bonds. The number of nitrogens with zero attached hydrogens (tertiary/aromatic N) is 4. The molecule has 0 fully saturated rings. The number of aromatic nitrogens is 4. The number of hydrogen-bond donors (Lipinski definition) is 2. The lowest BCUT2D eigenvalue weighted by atomic mass is 10.2. The predicted molar refractivity (Wildman–Crippen MR) is 98.4 cm³/mol. The lowest BCUT2D eigenvalue weighted by Crippen LogP contribution is -2.29. The van der Waals surface area contributed by atoms with Crippen LogP contribution in [-0.4, -0.2) is 25.3 Å². The van der Waals surface area contributed by atoms with E-state index in [0.717, 1.165) is 5.56 Å². The second-order valence-corrected chi connectivity index (χ2v) is 6.17. The normalized spacial score (nSPS) is 11.7. The fraction of sp³-hybridized carbons (Fsp3) is 0.294. The van der Waals surface area contributed by atoms with Crippen molar-refractivity contribution < 1.29 is 0 Å². The zero-order chi connectivity index (χ0) is 18.1. The number of rotatable bonds is 4. The van der Waals surface area contributed by atoms with E-state index in [1.807, 2.05) is 45.0 Å². The summed E-state index contributed by atoms with van der Waals surface area (Å²) in [5.41, 5.74) is 4.68. The van der Waals surface area contributed by atoms with Crippen molar-refractivity contribution in [3.63, 3.8) is 0 Å². The van der Waals surface area contributed by atoms with Crippen LogP contribution in [0.15, 0.2) is 39.0 Å². The Morgan fingerprint density at radius 2 is 1.92 bits per heavy atom. The van der Waals surface area contributed by atoms with E-state index in [2.05, 4.69) is 20.5 Å². The van der Waals surface area contributed by atoms with E-state index < -0.39 is 11.2 Å². The molecule has 0 aliphatic heterocycles. The highest BCUT2D eigenvalue weighted by Crippen LogP contribution is 2.20. The number of fused-ring (bicyclic) bond motifs is 1. The summed E-state index contributed by atoms with van der Waals surface area (Å²) in [5.74, 6) is 0.403. The van der Waals surface area contributed by atoms with Crippen molar-refractivity contribution >= 4 is 23.3 Å². The van der Waals surface area contributed by atoms with Crippen molar-refractivity contribution in [1.29, 1.82) is 0 Å². The van der Waals surface area contributed by atoms with Gasteiger partial charge in [0.15, 0.2) is 11.2 Å². The Hall–Kier alpha value is -3.16. The molecule has 0 saturated carbocycles. The SMILES string of the molecule is Cc1ccc(/C=N/Nc2nc3c(c(=O)[nH]c(=O)n3C)n2C(C)C)cc1. The minimum atomic E-state index is -0.499. The molecule has 8 heteroatoms. The van der Waals surface area contributed by atoms with Gasteiger partial charge in [0.1, 0.15) is 0 Å². The van der Waals surface area contributed by atoms with Gasteiger partial charge in [-0.3, -0.25) is 14.3 Å². The van der Waals surface area contributed by atoms with E-state index >= 15 is 0 Å². The van der Waals surface area contributed by atoms with Gasteiger partial charge in [-0.1, -0.05) is 29.8 Å². The van der Waals surface area contributed by atoms with Crippen LogP contribution in [0, 0.1) is 6.92 Å². The summed E-state index contributed by atoms with van der Waals surface area (Å²) in [5, 5.41) is 4.20. The Morgan fingerprint density at radius 3 is 2.56 bits per heavy atom. The zero-order valence-corrected chi connectivity index (χ0v) is 14.6. The van der Waals surface area contributed by atoms with Crippen LogP contribution in [0.1, 0.15) is 31.0 Å². The summed E-state index contributed by atoms with van der Waals surface area (Å²) in [6.07, 6.45) is 1.67. The van der Waals surface area contributed by atoms with Crippen LogP contribution in [0.2, 0.25) is 0 Å². The number of benzene rings is 1. The minimum absolute atomic E-state index is 0.0410. The fourth-order valence-electron chi connectivity index (χ4n) is 2.60. The highest BCUT2D eigenvalue weighted by atomic mass is 16.2. The number of nitrogens with one attached hydrogen (secondary N) is 2. The Labute approximate surface area is 143 Å². The Balaban J connectivity index is 2.04. The number of anilines is 1. The number of aromatic amines is 1. The van der Waals surface area contributed by atoms with Gasteiger partial charge in [0.2, 0.25) is 5.95 Å². The van der Waals surface area contributed by atoms with Crippen LogP contribution in [0.4, 0.5) is 5.95 Å². The number of hydrazone groups is 1. The topological polar surface area (TPSA) is 97.1 Å². The monoisotopic (exact) mass is 340 g/mol. The van der Waals surface area contributed by atoms with Crippen molar-refractivity contribution in [2.24, 2.45) is 12.1 Å². The average Bonchev–Trinajstić information content (AvgIpc) is 2.95. The van der Waals surface area contributed by atoms with Gasteiger partial charge in [-0.05, 0) is 26.3 Å². The van der Waals surface area contributed by atoms with Gasteiger partial charge in [-0.2, -0.15) is 10.1 Å². The van der Waals surface area contributed by atoms with E-state index in [-0.39, 0.29) is 6.04 Å². The zero-order valence-electron chi connectivity index (χ0n) is 14.6. The number of aryl methyl sites for hydroxylation is 2. The molecule has 0 saturated heterocycles. The third kappa shape index (κ3) is 3.10. The standard InChI is InChI=1S/C17H20N6O2/c1-10(2)23-13-14(22(4)17(25)20-15(13)24)19-16(23)21-18-9-12-7-5-11(3)6-8-12/h5-10H,1-4H3,(H,19,21)(H,20,24,25)/b18-9+. The molecule has 0 spiro atoms. The van der Waals surface area contributed by atoms with Crippen molar-refractivity contribution in [2.75, 3.05) is 5.43 Å². The van der Waals surface area contributed by atoms with Gasteiger partial charge in [-0.15, -0.1) is 0 Å². The molecule has 2 heterocycles. The molecular weight excluding hydrogens is 320 g/mol. The third-order valence-electron chi connectivity index (χ3n) is 3.92. The molecular formula is C17H20N6O2. The van der Waals surface area contributed by atoms with Gasteiger partial charge in [0.05, 0.1) is 6.21 Å². The summed E-state index contributed by atoms with van der Waals surface area (Å²) in [6.45, 7) is 5.88. The molecule has 2 aromatic heterocycles. The lowest BCUT2D eigenvalue weighted by molar-refractivity contribution is 0.620. The maximum absolute atomic E-state index is 12.2. The summed E-state index contributed by atoms with van der Waals surface area (Å²) >= 11 is 0. The van der Waals surface area contributed by atoms with Crippen LogP contribution in [0.3, 0.4) is 0 Å². The first-order valence-electron chi connectivity index (χ1n) is 7.95. The first-order chi connectivity index (χ1) is 11.9. The van der Waals surface area contributed by atoms with Crippen LogP contribution in [0.25, 0.3) is 11.2 Å². The molecule has 0 aliphatic carbocycles. The molecule has 0 aliphatic rings. The Morgan fingerprint density at radius 1 is 1.24 bits per heavy atom. The molecule has 3 rings (SSSR count). The second-order valence-electron chi connectivity index (χ2n) is 6.17. The van der Waals surface area contributed by atoms with Gasteiger partial charge in [0.25, 0.3) is 5.56 Å². The number of H-pyrrole nitrogens is 1. The fourth-order valence-corrected chi connectivity index (χ4v) is 2.60. The van der Waals surface area contributed by atoms with Crippen LogP contribution >= 0.6 is 0 Å². The molecule has 0 radical (unpaired) electrons. The van der Waals surface area contributed by atoms with E-state index in [0.29, 0.717) is 17.1 Å². The van der Waals surface area contributed by atoms with Crippen LogP contribution in [-0.2, 0) is 7.05 Å². The molecule has 3 aromatic rings. The van der Waals surface area contributed by atoms with Crippen molar-refractivity contribution in [2.45, 2.75) is 26.8 Å². The highest BCUT2D eigenvalue weighted by Gasteiger charge is 2.18. The maximum atomic E-state index is 12.2. The van der Waals surface area contributed by atoms with E-state index in [9.17, 15) is 9.59 Å². The molecule has 2 N–H and O–H groups in total. The molecule has 0 unspecified atom stereocenters. The predicted octanol–water partition coefficient (Wildman–Crippen LogP) is 1.76. The molecule has 0 atom stereocenters. The average molecular weight is 340 g/mol. The minimum Gasteiger partial charge on any atom is -0.300 e. The first-order valence-corrected chi connectivity index (χ1v) is 7.95. The van der Waals surface area contributed by atoms with Crippen molar-refractivity contribution in [3.05, 3.63) is 56.2 Å². The van der Waals surface area contributed by atoms with Gasteiger partial charge in [0, 0.05) is 13.1 Å². The largest absolute Gasteiger partial charge is 0.329 e. The highest BCUT2D eigenvalue weighted by molar-refractivity contribution is 5.80. The molecule has 25 heavy (non-hydrogen) atoms. The number of imidazole rings is 1. The molecule has 8 nitrogen and oxygen atoms in total. The second kappa shape index (κ2) is 6.39. The number of hydrogen-bond acceptors (Lipinski definition) is 5. The Bertz CT molecular complexity index is 1050. The summed E-state index contributed by atoms with van der Waals surface area (Å²) in [6, 6.07) is 7.88. The summed E-state index contributed by atoms with van der Waals surface area (Å²) in [7, 11) is 1.57. The van der Waals surface area contributed by atoms with E-state index in [1.165, 1.54) is 10.1 Å². The summed E-state index contributed by atoms with van der Waals surface area (Å²) < 4.78 is 3.03. The van der Waals surface area contributed by atoms with E-state index in [4.69, 9.17) is 0 Å². The van der Waals surface area contributed by atoms with Crippen molar-refractivity contribution in [3.8, 4) is 0 Å². The van der Waals surface area contributed by atoms with Gasteiger partial charge < -0.3 is 4.57 Å². The van der Waals surface area contributed by atoms with Gasteiger partial charge in [-0.25, -0.2) is 10.2 Å².